The highest BCUT2D eigenvalue weighted by atomic mass is 127. The molecule has 1 saturated heterocycles. The molecule has 1 aliphatic rings. The monoisotopic (exact) mass is 635 g/mol. The molecule has 2 aromatic rings. The van der Waals surface area contributed by atoms with Crippen molar-refractivity contribution in [2.24, 2.45) is 0 Å². The molecule has 3 rings (SSSR count). The zero-order valence-corrected chi connectivity index (χ0v) is 22.9. The zero-order valence-electron chi connectivity index (χ0n) is 18.4. The van der Waals surface area contributed by atoms with Crippen LogP contribution in [0.15, 0.2) is 35.2 Å². The zero-order chi connectivity index (χ0) is 25.0. The van der Waals surface area contributed by atoms with Gasteiger partial charge in [-0.3, -0.25) is 19.3 Å². The molecule has 7 nitrogen and oxygen atoms in total. The van der Waals surface area contributed by atoms with Gasteiger partial charge in [0, 0.05) is 15.6 Å². The summed E-state index contributed by atoms with van der Waals surface area (Å²) in [6.45, 7) is 3.16. The number of esters is 1. The number of rotatable bonds is 8. The van der Waals surface area contributed by atoms with E-state index in [0.717, 1.165) is 25.8 Å². The molecule has 2 aromatic carbocycles. The predicted molar refractivity (Wildman–Crippen MR) is 140 cm³/mol. The minimum atomic E-state index is -0.642. The molecule has 180 valence electrons. The molecular formula is C23H20Cl2INO6S. The van der Waals surface area contributed by atoms with Gasteiger partial charge in [0.2, 0.25) is 0 Å². The molecule has 2 amide bonds. The highest BCUT2D eigenvalue weighted by Gasteiger charge is 2.36. The van der Waals surface area contributed by atoms with Crippen LogP contribution in [0.4, 0.5) is 4.79 Å². The lowest BCUT2D eigenvalue weighted by molar-refractivity contribution is -0.149. The Bertz CT molecular complexity index is 1170. The van der Waals surface area contributed by atoms with Crippen LogP contribution in [-0.2, 0) is 20.9 Å². The van der Waals surface area contributed by atoms with Crippen molar-refractivity contribution in [1.29, 1.82) is 0 Å². The van der Waals surface area contributed by atoms with Gasteiger partial charge in [0.05, 0.1) is 21.7 Å². The van der Waals surface area contributed by atoms with Crippen molar-refractivity contribution in [1.82, 2.24) is 4.90 Å². The van der Waals surface area contributed by atoms with E-state index in [2.05, 4.69) is 22.6 Å². The SMILES string of the molecule is COc1cc(/C=C2/SC(=O)N(CC(=O)OC(C)C)C2=O)cc(I)c1OCc1ccc(Cl)cc1Cl. The third-order valence-electron chi connectivity index (χ3n) is 4.46. The van der Waals surface area contributed by atoms with Crippen LogP contribution in [-0.4, -0.2) is 41.8 Å². The number of amides is 2. The summed E-state index contributed by atoms with van der Waals surface area (Å²) >= 11 is 15.0. The first-order valence-corrected chi connectivity index (χ1v) is 12.6. The van der Waals surface area contributed by atoms with Crippen molar-refractivity contribution in [3.05, 3.63) is 60.0 Å². The van der Waals surface area contributed by atoms with Gasteiger partial charge in [0.25, 0.3) is 11.1 Å². The summed E-state index contributed by atoms with van der Waals surface area (Å²) in [6, 6.07) is 8.64. The van der Waals surface area contributed by atoms with Crippen molar-refractivity contribution >= 4 is 80.7 Å². The van der Waals surface area contributed by atoms with Crippen LogP contribution in [0.3, 0.4) is 0 Å². The summed E-state index contributed by atoms with van der Waals surface area (Å²) in [5.41, 5.74) is 1.39. The average Bonchev–Trinajstić information content (AvgIpc) is 3.00. The maximum absolute atomic E-state index is 12.7. The lowest BCUT2D eigenvalue weighted by atomic mass is 10.1. The maximum Gasteiger partial charge on any atom is 0.326 e. The molecule has 0 aliphatic carbocycles. The maximum atomic E-state index is 12.7. The number of methoxy groups -OCH3 is 1. The molecule has 0 unspecified atom stereocenters. The third kappa shape index (κ3) is 6.59. The van der Waals surface area contributed by atoms with Gasteiger partial charge in [-0.05, 0) is 84.1 Å². The van der Waals surface area contributed by atoms with Gasteiger partial charge in [0.1, 0.15) is 13.2 Å². The first-order chi connectivity index (χ1) is 16.1. The number of thioether (sulfide) groups is 1. The number of hydrogen-bond acceptors (Lipinski definition) is 7. The average molecular weight is 636 g/mol. The van der Waals surface area contributed by atoms with Crippen LogP contribution in [0.25, 0.3) is 6.08 Å². The second kappa shape index (κ2) is 11.7. The van der Waals surface area contributed by atoms with Crippen molar-refractivity contribution in [3.8, 4) is 11.5 Å². The number of carbonyl (C=O) groups is 3. The van der Waals surface area contributed by atoms with Crippen LogP contribution in [0.1, 0.15) is 25.0 Å². The van der Waals surface area contributed by atoms with Crippen molar-refractivity contribution in [2.75, 3.05) is 13.7 Å². The Hall–Kier alpha value is -1.95. The molecule has 1 heterocycles. The lowest BCUT2D eigenvalue weighted by Gasteiger charge is -2.15. The Kier molecular flexibility index (Phi) is 9.14. The van der Waals surface area contributed by atoms with E-state index in [1.54, 1.807) is 50.3 Å². The fourth-order valence-corrected chi connectivity index (χ4v) is 5.05. The van der Waals surface area contributed by atoms with Gasteiger partial charge in [-0.2, -0.15) is 0 Å². The summed E-state index contributed by atoms with van der Waals surface area (Å²) in [7, 11) is 1.51. The van der Waals surface area contributed by atoms with Crippen LogP contribution in [0.2, 0.25) is 10.0 Å². The van der Waals surface area contributed by atoms with E-state index >= 15 is 0 Å². The molecule has 0 spiro atoms. The molecule has 34 heavy (non-hydrogen) atoms. The second-order valence-electron chi connectivity index (χ2n) is 7.36. The molecule has 1 fully saturated rings. The first kappa shape index (κ1) is 26.7. The van der Waals surface area contributed by atoms with E-state index in [-0.39, 0.29) is 17.6 Å². The van der Waals surface area contributed by atoms with E-state index in [1.165, 1.54) is 7.11 Å². The van der Waals surface area contributed by atoms with E-state index in [4.69, 9.17) is 37.4 Å². The molecule has 0 saturated carbocycles. The molecule has 0 aromatic heterocycles. The minimum Gasteiger partial charge on any atom is -0.493 e. The highest BCUT2D eigenvalue weighted by Crippen LogP contribution is 2.38. The summed E-state index contributed by atoms with van der Waals surface area (Å²) in [6.07, 6.45) is 1.23. The Morgan fingerprint density at radius 1 is 1.21 bits per heavy atom. The highest BCUT2D eigenvalue weighted by molar-refractivity contribution is 14.1. The fourth-order valence-electron chi connectivity index (χ4n) is 2.97. The van der Waals surface area contributed by atoms with Gasteiger partial charge in [-0.25, -0.2) is 0 Å². The number of carbonyl (C=O) groups excluding carboxylic acids is 3. The Balaban J connectivity index is 1.79. The van der Waals surface area contributed by atoms with Crippen LogP contribution >= 0.6 is 57.6 Å². The molecular weight excluding hydrogens is 616 g/mol. The first-order valence-electron chi connectivity index (χ1n) is 9.98. The molecule has 0 bridgehead atoms. The Labute approximate surface area is 224 Å². The van der Waals surface area contributed by atoms with Gasteiger partial charge in [0.15, 0.2) is 11.5 Å². The summed E-state index contributed by atoms with van der Waals surface area (Å²) in [5, 5.41) is 0.496. The van der Waals surface area contributed by atoms with E-state index < -0.39 is 23.7 Å². The van der Waals surface area contributed by atoms with E-state index in [9.17, 15) is 14.4 Å². The van der Waals surface area contributed by atoms with Crippen molar-refractivity contribution in [3.63, 3.8) is 0 Å². The summed E-state index contributed by atoms with van der Waals surface area (Å²) in [5.74, 6) is -0.238. The lowest BCUT2D eigenvalue weighted by Crippen LogP contribution is -2.35. The molecule has 0 atom stereocenters. The standard InChI is InChI=1S/C23H20Cl2INO6S/c1-12(2)33-20(28)10-27-22(29)19(34-23(27)30)8-13-6-17(26)21(18(7-13)31-3)32-11-14-4-5-15(24)9-16(14)25/h4-9,12H,10-11H2,1-3H3/b19-8+. The summed E-state index contributed by atoms with van der Waals surface area (Å²) < 4.78 is 17.2. The van der Waals surface area contributed by atoms with Gasteiger partial charge >= 0.3 is 5.97 Å². The molecule has 0 radical (unpaired) electrons. The predicted octanol–water partition coefficient (Wildman–Crippen LogP) is 6.17. The van der Waals surface area contributed by atoms with Gasteiger partial charge < -0.3 is 14.2 Å². The number of nitrogens with zero attached hydrogens (tertiary/aromatic N) is 1. The third-order valence-corrected chi connectivity index (χ3v) is 6.76. The van der Waals surface area contributed by atoms with Crippen molar-refractivity contribution < 1.29 is 28.6 Å². The van der Waals surface area contributed by atoms with E-state index in [1.807, 2.05) is 0 Å². The molecule has 11 heteroatoms. The largest absolute Gasteiger partial charge is 0.493 e. The second-order valence-corrected chi connectivity index (χ2v) is 10.4. The van der Waals surface area contributed by atoms with Crippen LogP contribution in [0.5, 0.6) is 11.5 Å². The quantitative estimate of drug-likeness (QED) is 0.195. The normalized spacial score (nSPS) is 14.8. The van der Waals surface area contributed by atoms with E-state index in [0.29, 0.717) is 27.1 Å². The number of imide groups is 1. The number of hydrogen-bond donors (Lipinski definition) is 0. The molecule has 1 aliphatic heterocycles. The number of benzene rings is 2. The van der Waals surface area contributed by atoms with Gasteiger partial charge in [-0.1, -0.05) is 29.3 Å². The topological polar surface area (TPSA) is 82.1 Å². The summed E-state index contributed by atoms with van der Waals surface area (Å²) in [4.78, 5) is 37.9. The van der Waals surface area contributed by atoms with Crippen LogP contribution < -0.4 is 9.47 Å². The smallest absolute Gasteiger partial charge is 0.326 e. The van der Waals surface area contributed by atoms with Gasteiger partial charge in [-0.15, -0.1) is 0 Å². The van der Waals surface area contributed by atoms with Crippen molar-refractivity contribution in [2.45, 2.75) is 26.6 Å². The number of ether oxygens (including phenoxy) is 3. The Morgan fingerprint density at radius 3 is 2.59 bits per heavy atom. The minimum absolute atomic E-state index is 0.196. The fraction of sp³-hybridized carbons (Fsp3) is 0.261. The number of halogens is 3. The Morgan fingerprint density at radius 2 is 1.94 bits per heavy atom. The van der Waals surface area contributed by atoms with Crippen LogP contribution in [0, 0.1) is 3.57 Å². The molecule has 0 N–H and O–H groups in total.